The van der Waals surface area contributed by atoms with E-state index in [9.17, 15) is 9.59 Å². The maximum absolute atomic E-state index is 12.8. The van der Waals surface area contributed by atoms with Gasteiger partial charge in [-0.25, -0.2) is 9.69 Å². The molecule has 0 saturated carbocycles. The molecule has 6 nitrogen and oxygen atoms in total. The minimum absolute atomic E-state index is 0.238. The zero-order chi connectivity index (χ0) is 18.5. The average molecular weight is 351 g/mol. The SMILES string of the molecule is CCC[C@H]1C(=O)NC(=N)N1C(=O)OC(c1ccccc1)c1ccccc1. The molecule has 0 aromatic heterocycles. The first kappa shape index (κ1) is 17.7. The van der Waals surface area contributed by atoms with Gasteiger partial charge in [-0.3, -0.25) is 15.5 Å². The van der Waals surface area contributed by atoms with Gasteiger partial charge in [-0.15, -0.1) is 0 Å². The molecule has 134 valence electrons. The number of rotatable bonds is 5. The first-order valence-corrected chi connectivity index (χ1v) is 8.61. The van der Waals surface area contributed by atoms with E-state index in [4.69, 9.17) is 10.1 Å². The van der Waals surface area contributed by atoms with E-state index < -0.39 is 18.2 Å². The molecular weight excluding hydrogens is 330 g/mol. The molecule has 2 aromatic rings. The van der Waals surface area contributed by atoms with Crippen LogP contribution in [0.25, 0.3) is 0 Å². The number of benzene rings is 2. The van der Waals surface area contributed by atoms with Crippen LogP contribution in [0, 0.1) is 5.41 Å². The molecule has 0 aliphatic carbocycles. The highest BCUT2D eigenvalue weighted by Gasteiger charge is 2.41. The van der Waals surface area contributed by atoms with Crippen molar-refractivity contribution in [2.24, 2.45) is 0 Å². The number of ether oxygens (including phenoxy) is 1. The van der Waals surface area contributed by atoms with E-state index in [0.717, 1.165) is 22.4 Å². The fourth-order valence-electron chi connectivity index (χ4n) is 3.03. The Kier molecular flexibility index (Phi) is 5.31. The van der Waals surface area contributed by atoms with Gasteiger partial charge in [0.15, 0.2) is 6.10 Å². The van der Waals surface area contributed by atoms with Crippen LogP contribution in [0.4, 0.5) is 4.79 Å². The maximum Gasteiger partial charge on any atom is 0.418 e. The van der Waals surface area contributed by atoms with E-state index in [1.165, 1.54) is 0 Å². The second-order valence-electron chi connectivity index (χ2n) is 6.10. The van der Waals surface area contributed by atoms with Crippen molar-refractivity contribution in [1.82, 2.24) is 10.2 Å². The van der Waals surface area contributed by atoms with Crippen molar-refractivity contribution in [1.29, 1.82) is 5.41 Å². The Morgan fingerprint density at radius 2 is 1.65 bits per heavy atom. The van der Waals surface area contributed by atoms with E-state index >= 15 is 0 Å². The number of nitrogens with zero attached hydrogens (tertiary/aromatic N) is 1. The lowest BCUT2D eigenvalue weighted by Crippen LogP contribution is -2.41. The number of amides is 2. The second-order valence-corrected chi connectivity index (χ2v) is 6.10. The Morgan fingerprint density at radius 3 is 2.15 bits per heavy atom. The smallest absolute Gasteiger partial charge is 0.418 e. The fourth-order valence-corrected chi connectivity index (χ4v) is 3.03. The summed E-state index contributed by atoms with van der Waals surface area (Å²) >= 11 is 0. The van der Waals surface area contributed by atoms with Gasteiger partial charge in [0.05, 0.1) is 0 Å². The molecule has 1 atom stereocenters. The van der Waals surface area contributed by atoms with E-state index in [1.54, 1.807) is 0 Å². The van der Waals surface area contributed by atoms with Crippen molar-refractivity contribution in [2.45, 2.75) is 31.9 Å². The van der Waals surface area contributed by atoms with Crippen molar-refractivity contribution >= 4 is 18.0 Å². The molecule has 2 aromatic carbocycles. The summed E-state index contributed by atoms with van der Waals surface area (Å²) in [7, 11) is 0. The summed E-state index contributed by atoms with van der Waals surface area (Å²) < 4.78 is 5.76. The zero-order valence-electron chi connectivity index (χ0n) is 14.5. The van der Waals surface area contributed by atoms with Gasteiger partial charge in [0.25, 0.3) is 0 Å². The van der Waals surface area contributed by atoms with Crippen molar-refractivity contribution < 1.29 is 14.3 Å². The molecule has 1 fully saturated rings. The first-order valence-electron chi connectivity index (χ1n) is 8.61. The summed E-state index contributed by atoms with van der Waals surface area (Å²) in [5, 5.41) is 10.3. The van der Waals surface area contributed by atoms with Crippen LogP contribution in [0.15, 0.2) is 60.7 Å². The van der Waals surface area contributed by atoms with E-state index in [-0.39, 0.29) is 11.9 Å². The lowest BCUT2D eigenvalue weighted by molar-refractivity contribution is -0.121. The second kappa shape index (κ2) is 7.82. The zero-order valence-corrected chi connectivity index (χ0v) is 14.5. The quantitative estimate of drug-likeness (QED) is 0.865. The Labute approximate surface area is 152 Å². The predicted octanol–water partition coefficient (Wildman–Crippen LogP) is 3.45. The molecule has 1 saturated heterocycles. The molecule has 2 amide bonds. The average Bonchev–Trinajstić information content (AvgIpc) is 2.95. The van der Waals surface area contributed by atoms with E-state index in [0.29, 0.717) is 6.42 Å². The summed E-state index contributed by atoms with van der Waals surface area (Å²) in [6.07, 6.45) is -0.124. The Hall–Kier alpha value is -3.15. The van der Waals surface area contributed by atoms with Crippen LogP contribution in [0.2, 0.25) is 0 Å². The standard InChI is InChI=1S/C20H21N3O3/c1-2-9-16-18(24)22-19(21)23(16)20(25)26-17(14-10-5-3-6-11-14)15-12-7-4-8-13-15/h3-8,10-13,16-17H,2,9H2,1H3,(H2,21,22,24)/t16-/m0/s1. The Balaban J connectivity index is 1.88. The van der Waals surface area contributed by atoms with Crippen LogP contribution < -0.4 is 5.32 Å². The minimum Gasteiger partial charge on any atom is -0.436 e. The van der Waals surface area contributed by atoms with Gasteiger partial charge >= 0.3 is 6.09 Å². The number of nitrogens with one attached hydrogen (secondary N) is 2. The molecular formula is C20H21N3O3. The predicted molar refractivity (Wildman–Crippen MR) is 97.6 cm³/mol. The number of hydrogen-bond donors (Lipinski definition) is 2. The fraction of sp³-hybridized carbons (Fsp3) is 0.250. The number of carbonyl (C=O) groups excluding carboxylic acids is 2. The lowest BCUT2D eigenvalue weighted by Gasteiger charge is -2.25. The molecule has 0 unspecified atom stereocenters. The van der Waals surface area contributed by atoms with Crippen LogP contribution >= 0.6 is 0 Å². The van der Waals surface area contributed by atoms with Gasteiger partial charge in [0.1, 0.15) is 6.04 Å². The van der Waals surface area contributed by atoms with Crippen molar-refractivity contribution in [2.75, 3.05) is 0 Å². The van der Waals surface area contributed by atoms with Gasteiger partial charge in [-0.1, -0.05) is 74.0 Å². The van der Waals surface area contributed by atoms with Crippen LogP contribution in [0.3, 0.4) is 0 Å². The molecule has 0 radical (unpaired) electrons. The number of guanidine groups is 1. The van der Waals surface area contributed by atoms with Gasteiger partial charge in [0.2, 0.25) is 11.9 Å². The summed E-state index contributed by atoms with van der Waals surface area (Å²) in [5.74, 6) is -0.580. The summed E-state index contributed by atoms with van der Waals surface area (Å²) in [4.78, 5) is 25.9. The molecule has 6 heteroatoms. The summed E-state index contributed by atoms with van der Waals surface area (Å²) in [6, 6.07) is 18.1. The third-order valence-corrected chi connectivity index (χ3v) is 4.28. The van der Waals surface area contributed by atoms with E-state index in [1.807, 2.05) is 67.6 Å². The molecule has 1 aliphatic heterocycles. The Bertz CT molecular complexity index is 753. The highest BCUT2D eigenvalue weighted by molar-refractivity contribution is 6.11. The van der Waals surface area contributed by atoms with Crippen molar-refractivity contribution in [3.05, 3.63) is 71.8 Å². The topological polar surface area (TPSA) is 82.5 Å². The van der Waals surface area contributed by atoms with Gasteiger partial charge in [-0.2, -0.15) is 0 Å². The summed E-state index contributed by atoms with van der Waals surface area (Å²) in [6.45, 7) is 1.93. The Morgan fingerprint density at radius 1 is 1.12 bits per heavy atom. The molecule has 1 heterocycles. The van der Waals surface area contributed by atoms with Crippen LogP contribution in [0.1, 0.15) is 37.0 Å². The van der Waals surface area contributed by atoms with Crippen molar-refractivity contribution in [3.8, 4) is 0 Å². The molecule has 1 aliphatic rings. The van der Waals surface area contributed by atoms with Crippen molar-refractivity contribution in [3.63, 3.8) is 0 Å². The highest BCUT2D eigenvalue weighted by Crippen LogP contribution is 2.28. The van der Waals surface area contributed by atoms with Gasteiger partial charge < -0.3 is 4.74 Å². The summed E-state index contributed by atoms with van der Waals surface area (Å²) in [5.41, 5.74) is 1.65. The van der Waals surface area contributed by atoms with Crippen LogP contribution in [0.5, 0.6) is 0 Å². The third kappa shape index (κ3) is 3.59. The van der Waals surface area contributed by atoms with Crippen LogP contribution in [-0.4, -0.2) is 28.9 Å². The van der Waals surface area contributed by atoms with E-state index in [2.05, 4.69) is 5.32 Å². The molecule has 26 heavy (non-hydrogen) atoms. The minimum atomic E-state index is -0.704. The lowest BCUT2D eigenvalue weighted by atomic mass is 10.0. The highest BCUT2D eigenvalue weighted by atomic mass is 16.6. The first-order chi connectivity index (χ1) is 12.6. The molecule has 3 rings (SSSR count). The molecule has 2 N–H and O–H groups in total. The maximum atomic E-state index is 12.8. The number of hydrogen-bond acceptors (Lipinski definition) is 4. The number of carbonyl (C=O) groups is 2. The largest absolute Gasteiger partial charge is 0.436 e. The molecule has 0 bridgehead atoms. The third-order valence-electron chi connectivity index (χ3n) is 4.28. The monoisotopic (exact) mass is 351 g/mol. The van der Waals surface area contributed by atoms with Crippen LogP contribution in [-0.2, 0) is 9.53 Å². The van der Waals surface area contributed by atoms with Gasteiger partial charge in [-0.05, 0) is 17.5 Å². The normalized spacial score (nSPS) is 16.7. The molecule has 0 spiro atoms. The van der Waals surface area contributed by atoms with Gasteiger partial charge in [0, 0.05) is 0 Å².